The number of nitrogens with zero attached hydrogens (tertiary/aromatic N) is 5. The van der Waals surface area contributed by atoms with Crippen LogP contribution < -0.4 is 5.32 Å². The van der Waals surface area contributed by atoms with E-state index in [1.165, 1.54) is 24.2 Å². The molecule has 2 atom stereocenters. The minimum absolute atomic E-state index is 0.170. The van der Waals surface area contributed by atoms with Gasteiger partial charge in [0.05, 0.1) is 17.7 Å². The number of aliphatic hydroxyl groups excluding tert-OH is 1. The van der Waals surface area contributed by atoms with Crippen molar-refractivity contribution >= 4 is 23.6 Å². The third-order valence-corrected chi connectivity index (χ3v) is 4.38. The lowest BCUT2D eigenvalue weighted by Gasteiger charge is -2.36. The third kappa shape index (κ3) is 3.80. The monoisotopic (exact) mass is 346 g/mol. The van der Waals surface area contributed by atoms with Crippen molar-refractivity contribution in [2.45, 2.75) is 23.7 Å². The fraction of sp³-hybridized carbons (Fsp3) is 0.400. The number of carbonyl (C=O) groups is 1. The molecule has 0 bridgehead atoms. The van der Waals surface area contributed by atoms with E-state index in [0.717, 1.165) is 0 Å². The molecule has 3 heterocycles. The average Bonchev–Trinajstić information content (AvgIpc) is 2.64. The Morgan fingerprint density at radius 1 is 1.29 bits per heavy atom. The van der Waals surface area contributed by atoms with Gasteiger partial charge in [0.25, 0.3) is 5.91 Å². The standard InChI is InChI=1S/C15H18N6O2S/c1-24-15-18-7-10(8-19-15)13(23)21-6-3-11(12(22)9-21)20-14-16-4-2-5-17-14/h2,4-5,7-8,11-12,22H,3,6,9H2,1H3,(H,16,17,20)/t11-,12-/m1/s1. The fourth-order valence-corrected chi connectivity index (χ4v) is 2.85. The van der Waals surface area contributed by atoms with E-state index in [0.29, 0.717) is 29.6 Å². The second-order valence-electron chi connectivity index (χ2n) is 5.39. The molecule has 2 aromatic rings. The number of hydrogen-bond donors (Lipinski definition) is 2. The van der Waals surface area contributed by atoms with Crippen LogP contribution in [0.5, 0.6) is 0 Å². The average molecular weight is 346 g/mol. The molecule has 1 saturated heterocycles. The molecule has 0 spiro atoms. The Hall–Kier alpha value is -2.26. The molecular weight excluding hydrogens is 328 g/mol. The zero-order chi connectivity index (χ0) is 16.9. The van der Waals surface area contributed by atoms with E-state index >= 15 is 0 Å². The van der Waals surface area contributed by atoms with Gasteiger partial charge in [-0.1, -0.05) is 11.8 Å². The molecular formula is C15H18N6O2S. The van der Waals surface area contributed by atoms with Gasteiger partial charge in [-0.15, -0.1) is 0 Å². The summed E-state index contributed by atoms with van der Waals surface area (Å²) in [7, 11) is 0. The Morgan fingerprint density at radius 3 is 2.62 bits per heavy atom. The van der Waals surface area contributed by atoms with E-state index in [-0.39, 0.29) is 18.5 Å². The van der Waals surface area contributed by atoms with Crippen molar-refractivity contribution in [3.8, 4) is 0 Å². The first kappa shape index (κ1) is 16.6. The zero-order valence-corrected chi connectivity index (χ0v) is 14.0. The molecule has 24 heavy (non-hydrogen) atoms. The number of aromatic nitrogens is 4. The molecule has 126 valence electrons. The van der Waals surface area contributed by atoms with Crippen molar-refractivity contribution in [1.29, 1.82) is 0 Å². The molecule has 0 saturated carbocycles. The van der Waals surface area contributed by atoms with Gasteiger partial charge in [-0.3, -0.25) is 4.79 Å². The highest BCUT2D eigenvalue weighted by atomic mass is 32.2. The second-order valence-corrected chi connectivity index (χ2v) is 6.16. The summed E-state index contributed by atoms with van der Waals surface area (Å²) in [5.74, 6) is 0.304. The van der Waals surface area contributed by atoms with Crippen LogP contribution >= 0.6 is 11.8 Å². The highest BCUT2D eigenvalue weighted by molar-refractivity contribution is 7.98. The molecule has 0 aromatic carbocycles. The first-order valence-electron chi connectivity index (χ1n) is 7.54. The lowest BCUT2D eigenvalue weighted by atomic mass is 10.0. The third-order valence-electron chi connectivity index (χ3n) is 3.81. The Labute approximate surface area is 143 Å². The Bertz CT molecular complexity index is 684. The van der Waals surface area contributed by atoms with Crippen LogP contribution in [0.4, 0.5) is 5.95 Å². The molecule has 2 N–H and O–H groups in total. The quantitative estimate of drug-likeness (QED) is 0.615. The molecule has 1 amide bonds. The summed E-state index contributed by atoms with van der Waals surface area (Å²) >= 11 is 1.42. The van der Waals surface area contributed by atoms with Crippen molar-refractivity contribution in [3.63, 3.8) is 0 Å². The molecule has 0 radical (unpaired) electrons. The molecule has 9 heteroatoms. The molecule has 0 unspecified atom stereocenters. The van der Waals surface area contributed by atoms with Crippen LogP contribution in [0.3, 0.4) is 0 Å². The van der Waals surface area contributed by atoms with Crippen molar-refractivity contribution < 1.29 is 9.90 Å². The minimum atomic E-state index is -0.696. The zero-order valence-electron chi connectivity index (χ0n) is 13.2. The van der Waals surface area contributed by atoms with Crippen LogP contribution in [0.1, 0.15) is 16.8 Å². The van der Waals surface area contributed by atoms with E-state index < -0.39 is 6.10 Å². The first-order chi connectivity index (χ1) is 11.7. The molecule has 1 aliphatic heterocycles. The summed E-state index contributed by atoms with van der Waals surface area (Å²) in [6.45, 7) is 0.776. The maximum atomic E-state index is 12.5. The predicted molar refractivity (Wildman–Crippen MR) is 89.8 cm³/mol. The fourth-order valence-electron chi connectivity index (χ4n) is 2.54. The van der Waals surface area contributed by atoms with Gasteiger partial charge in [-0.25, -0.2) is 19.9 Å². The van der Waals surface area contributed by atoms with Crippen LogP contribution in [0, 0.1) is 0 Å². The van der Waals surface area contributed by atoms with E-state index in [1.807, 2.05) is 6.26 Å². The highest BCUT2D eigenvalue weighted by Gasteiger charge is 2.31. The number of likely N-dealkylation sites (tertiary alicyclic amines) is 1. The smallest absolute Gasteiger partial charge is 0.257 e. The maximum absolute atomic E-state index is 12.5. The van der Waals surface area contributed by atoms with Gasteiger partial charge in [0.2, 0.25) is 5.95 Å². The van der Waals surface area contributed by atoms with E-state index in [4.69, 9.17) is 0 Å². The highest BCUT2D eigenvalue weighted by Crippen LogP contribution is 2.17. The largest absolute Gasteiger partial charge is 0.389 e. The van der Waals surface area contributed by atoms with Gasteiger partial charge in [0.15, 0.2) is 5.16 Å². The normalized spacial score (nSPS) is 20.7. The number of β-amino-alcohol motifs (C(OH)–C–C–N with tert-alkyl or cyclic N) is 1. The van der Waals surface area contributed by atoms with Crippen LogP contribution in [0.15, 0.2) is 36.0 Å². The molecule has 8 nitrogen and oxygen atoms in total. The number of carbonyl (C=O) groups excluding carboxylic acids is 1. The van der Waals surface area contributed by atoms with E-state index in [2.05, 4.69) is 25.3 Å². The Kier molecular flexibility index (Phi) is 5.21. The SMILES string of the molecule is CSc1ncc(C(=O)N2CC[C@@H](Nc3ncccn3)[C@H](O)C2)cn1. The molecule has 2 aromatic heterocycles. The number of piperidine rings is 1. The molecule has 0 aliphatic carbocycles. The second kappa shape index (κ2) is 7.54. The first-order valence-corrected chi connectivity index (χ1v) is 8.77. The molecule has 1 fully saturated rings. The lowest BCUT2D eigenvalue weighted by molar-refractivity contribution is 0.0424. The van der Waals surface area contributed by atoms with Crippen LogP contribution in [-0.2, 0) is 0 Å². The number of rotatable bonds is 4. The minimum Gasteiger partial charge on any atom is -0.389 e. The van der Waals surface area contributed by atoms with Crippen molar-refractivity contribution in [1.82, 2.24) is 24.8 Å². The summed E-state index contributed by atoms with van der Waals surface area (Å²) < 4.78 is 0. The van der Waals surface area contributed by atoms with Crippen LogP contribution in [-0.4, -0.2) is 67.3 Å². The Morgan fingerprint density at radius 2 is 2.00 bits per heavy atom. The molecule has 3 rings (SSSR count). The van der Waals surface area contributed by atoms with Gasteiger partial charge < -0.3 is 15.3 Å². The van der Waals surface area contributed by atoms with E-state index in [1.54, 1.807) is 23.4 Å². The summed E-state index contributed by atoms with van der Waals surface area (Å²) in [4.78, 5) is 30.5. The van der Waals surface area contributed by atoms with Gasteiger partial charge in [0.1, 0.15) is 0 Å². The van der Waals surface area contributed by atoms with Gasteiger partial charge in [-0.05, 0) is 18.7 Å². The summed E-state index contributed by atoms with van der Waals surface area (Å²) in [6, 6.07) is 1.54. The van der Waals surface area contributed by atoms with Gasteiger partial charge in [-0.2, -0.15) is 0 Å². The Balaban J connectivity index is 1.61. The predicted octanol–water partition coefficient (Wildman–Crippen LogP) is 0.676. The maximum Gasteiger partial charge on any atom is 0.257 e. The number of thioether (sulfide) groups is 1. The van der Waals surface area contributed by atoms with Crippen LogP contribution in [0.25, 0.3) is 0 Å². The van der Waals surface area contributed by atoms with Gasteiger partial charge in [0, 0.05) is 37.9 Å². The number of hydrogen-bond acceptors (Lipinski definition) is 8. The summed E-state index contributed by atoms with van der Waals surface area (Å²) in [6.07, 6.45) is 8.11. The van der Waals surface area contributed by atoms with E-state index in [9.17, 15) is 9.90 Å². The number of nitrogens with one attached hydrogen (secondary N) is 1. The molecule has 1 aliphatic rings. The number of anilines is 1. The number of aliphatic hydroxyl groups is 1. The van der Waals surface area contributed by atoms with Crippen molar-refractivity contribution in [3.05, 3.63) is 36.4 Å². The lowest BCUT2D eigenvalue weighted by Crippen LogP contribution is -2.51. The topological polar surface area (TPSA) is 104 Å². The summed E-state index contributed by atoms with van der Waals surface area (Å²) in [5, 5.41) is 14.1. The van der Waals surface area contributed by atoms with Crippen molar-refractivity contribution in [2.75, 3.05) is 24.7 Å². The van der Waals surface area contributed by atoms with Crippen LogP contribution in [0.2, 0.25) is 0 Å². The van der Waals surface area contributed by atoms with Gasteiger partial charge >= 0.3 is 0 Å². The number of amides is 1. The van der Waals surface area contributed by atoms with Crippen molar-refractivity contribution in [2.24, 2.45) is 0 Å². The summed E-state index contributed by atoms with van der Waals surface area (Å²) in [5.41, 5.74) is 0.429.